The van der Waals surface area contributed by atoms with Crippen molar-refractivity contribution in [2.24, 2.45) is 0 Å². The third-order valence-corrected chi connectivity index (χ3v) is 4.74. The average molecular weight is 337 g/mol. The van der Waals surface area contributed by atoms with Gasteiger partial charge in [0.1, 0.15) is 18.5 Å². The molecule has 5 heteroatoms. The van der Waals surface area contributed by atoms with E-state index >= 15 is 0 Å². The first kappa shape index (κ1) is 19.8. The highest BCUT2D eigenvalue weighted by atomic mass is 32.2. The molecule has 128 valence electrons. The van der Waals surface area contributed by atoms with Gasteiger partial charge in [0, 0.05) is 12.6 Å². The molecule has 1 aromatic rings. The Labute approximate surface area is 144 Å². The molecule has 0 aliphatic rings. The molecule has 2 atom stereocenters. The Morgan fingerprint density at radius 2 is 2.00 bits per heavy atom. The van der Waals surface area contributed by atoms with Crippen LogP contribution in [0.4, 0.5) is 0 Å². The number of nitriles is 1. The van der Waals surface area contributed by atoms with Gasteiger partial charge in [-0.05, 0) is 55.0 Å². The molecule has 0 amide bonds. The summed E-state index contributed by atoms with van der Waals surface area (Å²) < 4.78 is 5.54. The largest absolute Gasteiger partial charge is 0.491 e. The van der Waals surface area contributed by atoms with Gasteiger partial charge in [-0.25, -0.2) is 0 Å². The topological polar surface area (TPSA) is 65.3 Å². The van der Waals surface area contributed by atoms with Crippen LogP contribution in [-0.4, -0.2) is 41.9 Å². The van der Waals surface area contributed by atoms with Crippen LogP contribution in [0.5, 0.6) is 5.75 Å². The molecular weight excluding hydrogens is 308 g/mol. The summed E-state index contributed by atoms with van der Waals surface area (Å²) in [4.78, 5) is 0. The molecule has 0 aliphatic carbocycles. The third kappa shape index (κ3) is 8.85. The minimum Gasteiger partial charge on any atom is -0.491 e. The van der Waals surface area contributed by atoms with Gasteiger partial charge in [-0.15, -0.1) is 0 Å². The van der Waals surface area contributed by atoms with Crippen LogP contribution in [0.1, 0.15) is 38.7 Å². The second-order valence-corrected chi connectivity index (χ2v) is 6.74. The lowest BCUT2D eigenvalue weighted by Gasteiger charge is -2.19. The van der Waals surface area contributed by atoms with E-state index in [1.165, 1.54) is 12.2 Å². The third-order valence-electron chi connectivity index (χ3n) is 3.52. The summed E-state index contributed by atoms with van der Waals surface area (Å²) >= 11 is 1.99. The maximum Gasteiger partial charge on any atom is 0.119 e. The Kier molecular flexibility index (Phi) is 10.5. The second kappa shape index (κ2) is 12.2. The fourth-order valence-corrected chi connectivity index (χ4v) is 3.05. The first-order valence-electron chi connectivity index (χ1n) is 8.31. The fraction of sp³-hybridized carbons (Fsp3) is 0.611. The molecule has 0 aliphatic heterocycles. The lowest BCUT2D eigenvalue weighted by Crippen LogP contribution is -2.38. The van der Waals surface area contributed by atoms with Crippen molar-refractivity contribution in [1.29, 1.82) is 5.26 Å². The lowest BCUT2D eigenvalue weighted by molar-refractivity contribution is 0.103. The van der Waals surface area contributed by atoms with Crippen molar-refractivity contribution in [3.05, 3.63) is 29.8 Å². The summed E-state index contributed by atoms with van der Waals surface area (Å²) in [6, 6.07) is 9.43. The van der Waals surface area contributed by atoms with Crippen LogP contribution in [0.3, 0.4) is 0 Å². The Morgan fingerprint density at radius 1 is 1.26 bits per heavy atom. The molecule has 0 spiro atoms. The molecule has 0 saturated carbocycles. The van der Waals surface area contributed by atoms with Gasteiger partial charge < -0.3 is 15.2 Å². The van der Waals surface area contributed by atoms with Crippen molar-refractivity contribution in [3.8, 4) is 11.8 Å². The number of ether oxygens (including phenoxy) is 1. The molecule has 1 aromatic carbocycles. The van der Waals surface area contributed by atoms with Gasteiger partial charge in [-0.1, -0.05) is 13.8 Å². The molecule has 2 N–H and O–H groups in total. The van der Waals surface area contributed by atoms with Gasteiger partial charge in [-0.3, -0.25) is 0 Å². The summed E-state index contributed by atoms with van der Waals surface area (Å²) in [6.07, 6.45) is 2.88. The van der Waals surface area contributed by atoms with E-state index in [4.69, 9.17) is 10.00 Å². The van der Waals surface area contributed by atoms with E-state index in [2.05, 4.69) is 25.2 Å². The fourth-order valence-electron chi connectivity index (χ4n) is 2.10. The highest BCUT2D eigenvalue weighted by molar-refractivity contribution is 7.99. The number of benzene rings is 1. The zero-order chi connectivity index (χ0) is 16.9. The van der Waals surface area contributed by atoms with Crippen LogP contribution >= 0.6 is 11.8 Å². The van der Waals surface area contributed by atoms with E-state index < -0.39 is 6.10 Å². The molecule has 4 nitrogen and oxygen atoms in total. The van der Waals surface area contributed by atoms with Crippen molar-refractivity contribution in [1.82, 2.24) is 5.32 Å². The number of aliphatic hydroxyl groups is 1. The number of hydrogen-bond acceptors (Lipinski definition) is 5. The normalized spacial score (nSPS) is 13.3. The summed E-state index contributed by atoms with van der Waals surface area (Å²) in [5.41, 5.74) is 0.603. The smallest absolute Gasteiger partial charge is 0.119 e. The van der Waals surface area contributed by atoms with Gasteiger partial charge in [0.25, 0.3) is 0 Å². The standard InChI is InChI=1S/C18H28N2O2S/c1-3-10-23-11-9-16(4-2)20-13-17(21)14-22-18-7-5-15(12-19)6-8-18/h5-8,16-17,20-21H,3-4,9-11,13-14H2,1-2H3/t16?,17-/m0/s1. The monoisotopic (exact) mass is 336 g/mol. The summed E-state index contributed by atoms with van der Waals surface area (Å²) in [5, 5.41) is 22.2. The van der Waals surface area contributed by atoms with Gasteiger partial charge in [-0.2, -0.15) is 17.0 Å². The SMILES string of the molecule is CCCSCCC(CC)NC[C@H](O)COc1ccc(C#N)cc1. The van der Waals surface area contributed by atoms with E-state index in [1.807, 2.05) is 11.8 Å². The van der Waals surface area contributed by atoms with Gasteiger partial charge in [0.2, 0.25) is 0 Å². The number of thioether (sulfide) groups is 1. The highest BCUT2D eigenvalue weighted by Crippen LogP contribution is 2.12. The zero-order valence-electron chi connectivity index (χ0n) is 14.1. The molecule has 0 radical (unpaired) electrons. The van der Waals surface area contributed by atoms with Gasteiger partial charge in [0.05, 0.1) is 11.6 Å². The van der Waals surface area contributed by atoms with E-state index in [1.54, 1.807) is 24.3 Å². The molecule has 0 heterocycles. The maximum atomic E-state index is 10.0. The van der Waals surface area contributed by atoms with E-state index in [0.717, 1.165) is 18.6 Å². The van der Waals surface area contributed by atoms with Crippen LogP contribution in [0, 0.1) is 11.3 Å². The lowest BCUT2D eigenvalue weighted by atomic mass is 10.1. The van der Waals surface area contributed by atoms with E-state index in [-0.39, 0.29) is 6.61 Å². The Hall–Kier alpha value is -1.22. The van der Waals surface area contributed by atoms with Crippen molar-refractivity contribution in [2.45, 2.75) is 45.3 Å². The summed E-state index contributed by atoms with van der Waals surface area (Å²) in [5.74, 6) is 3.06. The molecule has 1 rings (SSSR count). The van der Waals surface area contributed by atoms with E-state index in [0.29, 0.717) is 23.9 Å². The van der Waals surface area contributed by atoms with Crippen LogP contribution in [0.2, 0.25) is 0 Å². The molecule has 23 heavy (non-hydrogen) atoms. The minimum absolute atomic E-state index is 0.250. The van der Waals surface area contributed by atoms with Crippen molar-refractivity contribution in [2.75, 3.05) is 24.7 Å². The zero-order valence-corrected chi connectivity index (χ0v) is 14.9. The molecule has 0 saturated heterocycles. The summed E-state index contributed by atoms with van der Waals surface area (Å²) in [6.45, 7) is 5.15. The molecule has 0 fully saturated rings. The maximum absolute atomic E-state index is 10.0. The molecule has 1 unspecified atom stereocenters. The minimum atomic E-state index is -0.539. The van der Waals surface area contributed by atoms with Crippen LogP contribution in [0.25, 0.3) is 0 Å². The number of nitrogens with one attached hydrogen (secondary N) is 1. The van der Waals surface area contributed by atoms with Crippen molar-refractivity contribution >= 4 is 11.8 Å². The van der Waals surface area contributed by atoms with Crippen molar-refractivity contribution < 1.29 is 9.84 Å². The van der Waals surface area contributed by atoms with Crippen LogP contribution in [-0.2, 0) is 0 Å². The predicted molar refractivity (Wildman–Crippen MR) is 97.0 cm³/mol. The number of nitrogens with zero attached hydrogens (tertiary/aromatic N) is 1. The average Bonchev–Trinajstić information content (AvgIpc) is 2.59. The Morgan fingerprint density at radius 3 is 2.61 bits per heavy atom. The second-order valence-electron chi connectivity index (χ2n) is 5.52. The van der Waals surface area contributed by atoms with Crippen LogP contribution < -0.4 is 10.1 Å². The first-order chi connectivity index (χ1) is 11.2. The summed E-state index contributed by atoms with van der Waals surface area (Å²) in [7, 11) is 0. The van der Waals surface area contributed by atoms with Gasteiger partial charge >= 0.3 is 0 Å². The van der Waals surface area contributed by atoms with E-state index in [9.17, 15) is 5.11 Å². The highest BCUT2D eigenvalue weighted by Gasteiger charge is 2.10. The number of rotatable bonds is 12. The number of hydrogen-bond donors (Lipinski definition) is 2. The Bertz CT molecular complexity index is 459. The first-order valence-corrected chi connectivity index (χ1v) is 9.47. The van der Waals surface area contributed by atoms with Crippen molar-refractivity contribution in [3.63, 3.8) is 0 Å². The quantitative estimate of drug-likeness (QED) is 0.574. The predicted octanol–water partition coefficient (Wildman–Crippen LogP) is 3.20. The van der Waals surface area contributed by atoms with Gasteiger partial charge in [0.15, 0.2) is 0 Å². The molecule has 0 bridgehead atoms. The Balaban J connectivity index is 2.21. The molecular formula is C18H28N2O2S. The van der Waals surface area contributed by atoms with Crippen LogP contribution in [0.15, 0.2) is 24.3 Å². The number of aliphatic hydroxyl groups excluding tert-OH is 1. The molecule has 0 aromatic heterocycles.